The molecular weight excluding hydrogens is 330 g/mol. The van der Waals surface area contributed by atoms with Crippen LogP contribution >= 0.6 is 11.8 Å². The number of hydrogen-bond donors (Lipinski definition) is 3. The van der Waals surface area contributed by atoms with E-state index < -0.39 is 36.3 Å². The molecule has 0 aromatic rings. The van der Waals surface area contributed by atoms with E-state index >= 15 is 0 Å². The van der Waals surface area contributed by atoms with E-state index in [0.29, 0.717) is 0 Å². The summed E-state index contributed by atoms with van der Waals surface area (Å²) in [5.41, 5.74) is 5.50. The summed E-state index contributed by atoms with van der Waals surface area (Å²) in [5.74, 6) is -1.20. The fourth-order valence-electron chi connectivity index (χ4n) is 2.80. The summed E-state index contributed by atoms with van der Waals surface area (Å²) in [5, 5.41) is 11.0. The van der Waals surface area contributed by atoms with E-state index in [1.807, 2.05) is 11.8 Å². The average Bonchev–Trinajstić information content (AvgIpc) is 2.64. The number of hydrogen-bond acceptors (Lipinski definition) is 5. The number of carboxylic acid groups (broad SMARTS) is 1. The number of carboxylic acids is 1. The second-order valence-electron chi connectivity index (χ2n) is 7.41. The Morgan fingerprint density at radius 3 is 2.42 bits per heavy atom. The van der Waals surface area contributed by atoms with Crippen molar-refractivity contribution in [2.24, 2.45) is 22.1 Å². The van der Waals surface area contributed by atoms with Crippen LogP contribution in [-0.4, -0.2) is 51.7 Å². The minimum absolute atomic E-state index is 0.0103. The largest absolute Gasteiger partial charge is 0.481 e. The fraction of sp³-hybridized carbons (Fsp3) is 0.750. The van der Waals surface area contributed by atoms with E-state index in [4.69, 9.17) is 10.8 Å². The summed E-state index contributed by atoms with van der Waals surface area (Å²) in [4.78, 5) is 38.5. The lowest BCUT2D eigenvalue weighted by atomic mass is 9.75. The van der Waals surface area contributed by atoms with Gasteiger partial charge < -0.3 is 16.2 Å². The van der Waals surface area contributed by atoms with E-state index in [-0.39, 0.29) is 16.1 Å². The highest BCUT2D eigenvalue weighted by Gasteiger charge is 2.46. The molecule has 0 radical (unpaired) electrons. The Hall–Kier alpha value is -1.41. The van der Waals surface area contributed by atoms with Crippen molar-refractivity contribution in [1.82, 2.24) is 5.32 Å². The van der Waals surface area contributed by atoms with Gasteiger partial charge in [0, 0.05) is 16.9 Å². The van der Waals surface area contributed by atoms with Crippen molar-refractivity contribution < 1.29 is 19.5 Å². The number of rotatable bonds is 6. The number of thioether (sulfide) groups is 1. The van der Waals surface area contributed by atoms with Gasteiger partial charge in [-0.1, -0.05) is 27.7 Å². The van der Waals surface area contributed by atoms with Crippen LogP contribution in [0.25, 0.3) is 0 Å². The lowest BCUT2D eigenvalue weighted by Gasteiger charge is -2.30. The molecule has 24 heavy (non-hydrogen) atoms. The second kappa shape index (κ2) is 7.65. The molecule has 1 heterocycles. The summed E-state index contributed by atoms with van der Waals surface area (Å²) in [6, 6.07) is -2.04. The van der Waals surface area contributed by atoms with Gasteiger partial charge in [-0.2, -0.15) is 11.8 Å². The van der Waals surface area contributed by atoms with Crippen LogP contribution < -0.4 is 11.1 Å². The smallest absolute Gasteiger partial charge is 0.305 e. The quantitative estimate of drug-likeness (QED) is 0.611. The first-order valence-electron chi connectivity index (χ1n) is 7.86. The Balaban J connectivity index is 2.67. The molecule has 1 unspecified atom stereocenters. The molecule has 1 rings (SSSR count). The Kier molecular flexibility index (Phi) is 6.58. The molecule has 1 aliphatic rings. The second-order valence-corrected chi connectivity index (χ2v) is 9.04. The van der Waals surface area contributed by atoms with Crippen LogP contribution in [0.2, 0.25) is 0 Å². The van der Waals surface area contributed by atoms with Crippen molar-refractivity contribution in [2.75, 3.05) is 5.75 Å². The normalized spacial score (nSPS) is 24.5. The van der Waals surface area contributed by atoms with Crippen LogP contribution in [0.5, 0.6) is 0 Å². The van der Waals surface area contributed by atoms with E-state index in [1.165, 1.54) is 6.92 Å². The molecule has 4 N–H and O–H groups in total. The molecule has 3 atom stereocenters. The molecule has 0 aromatic heterocycles. The fourth-order valence-corrected chi connectivity index (χ4v) is 4.28. The number of aliphatic carboxylic acids is 1. The number of carbonyl (C=O) groups excluding carboxylic acids is 2. The highest BCUT2D eigenvalue weighted by molar-refractivity contribution is 8.01. The molecule has 8 heteroatoms. The minimum atomic E-state index is -1.19. The summed E-state index contributed by atoms with van der Waals surface area (Å²) < 4.78 is -0.0103. The van der Waals surface area contributed by atoms with E-state index in [2.05, 4.69) is 38.0 Å². The van der Waals surface area contributed by atoms with Gasteiger partial charge in [0.1, 0.15) is 6.04 Å². The molecule has 136 valence electrons. The van der Waals surface area contributed by atoms with Crippen molar-refractivity contribution in [3.8, 4) is 0 Å². The molecule has 1 fully saturated rings. The Morgan fingerprint density at radius 1 is 1.38 bits per heavy atom. The lowest BCUT2D eigenvalue weighted by molar-refractivity contribution is -0.139. The van der Waals surface area contributed by atoms with E-state index in [0.717, 1.165) is 5.75 Å². The molecule has 0 aliphatic carbocycles. The highest BCUT2D eigenvalue weighted by Crippen LogP contribution is 2.51. The van der Waals surface area contributed by atoms with Gasteiger partial charge in [-0.25, -0.2) is 4.99 Å². The van der Waals surface area contributed by atoms with Crippen molar-refractivity contribution in [3.63, 3.8) is 0 Å². The maximum Gasteiger partial charge on any atom is 0.305 e. The molecular formula is C16H27N3O4S. The predicted octanol–water partition coefficient (Wildman–Crippen LogP) is 1.06. The SMILES string of the molecule is C[C@@H](NC(=O)[C@@H](N)CC(=O)O)C(=O)N=CC1C(C)(C)CSC1(C)C. The van der Waals surface area contributed by atoms with Gasteiger partial charge in [0.25, 0.3) is 5.91 Å². The molecule has 0 saturated carbocycles. The van der Waals surface area contributed by atoms with Crippen molar-refractivity contribution in [1.29, 1.82) is 0 Å². The summed E-state index contributed by atoms with van der Waals surface area (Å²) in [6.07, 6.45) is 1.19. The van der Waals surface area contributed by atoms with Crippen LogP contribution in [0, 0.1) is 11.3 Å². The topological polar surface area (TPSA) is 122 Å². The Labute approximate surface area is 146 Å². The van der Waals surface area contributed by atoms with Crippen LogP contribution in [0.1, 0.15) is 41.0 Å². The van der Waals surface area contributed by atoms with Gasteiger partial charge in [-0.05, 0) is 18.1 Å². The van der Waals surface area contributed by atoms with Crippen molar-refractivity contribution in [2.45, 2.75) is 57.9 Å². The standard InChI is InChI=1S/C16H27N3O4S/c1-9(19-14(23)10(17)6-12(20)21)13(22)18-7-11-15(2,3)8-24-16(11,4)5/h7,9-11H,6,8,17H2,1-5H3,(H,19,23)(H,20,21)/t9-,10+,11?/m1/s1. The van der Waals surface area contributed by atoms with Gasteiger partial charge >= 0.3 is 5.97 Å². The molecule has 0 aromatic carbocycles. The predicted molar refractivity (Wildman–Crippen MR) is 95.1 cm³/mol. The zero-order chi connectivity index (χ0) is 18.7. The number of amides is 2. The van der Waals surface area contributed by atoms with Crippen LogP contribution in [0.3, 0.4) is 0 Å². The number of carbonyl (C=O) groups is 3. The van der Waals surface area contributed by atoms with Gasteiger partial charge in [0.05, 0.1) is 12.5 Å². The average molecular weight is 357 g/mol. The van der Waals surface area contributed by atoms with Crippen LogP contribution in [-0.2, 0) is 14.4 Å². The molecule has 7 nitrogen and oxygen atoms in total. The Bertz CT molecular complexity index is 529. The van der Waals surface area contributed by atoms with Gasteiger partial charge in [0.2, 0.25) is 5.91 Å². The lowest BCUT2D eigenvalue weighted by Crippen LogP contribution is -2.47. The van der Waals surface area contributed by atoms with Crippen molar-refractivity contribution >= 4 is 35.8 Å². The molecule has 1 saturated heterocycles. The highest BCUT2D eigenvalue weighted by atomic mass is 32.2. The first-order valence-corrected chi connectivity index (χ1v) is 8.85. The molecule has 0 bridgehead atoms. The number of nitrogens with zero attached hydrogens (tertiary/aromatic N) is 1. The zero-order valence-electron chi connectivity index (χ0n) is 14.8. The third-order valence-electron chi connectivity index (χ3n) is 4.22. The van der Waals surface area contributed by atoms with Crippen LogP contribution in [0.15, 0.2) is 4.99 Å². The number of nitrogens with two attached hydrogens (primary N) is 1. The maximum atomic E-state index is 12.1. The third kappa shape index (κ3) is 5.31. The van der Waals surface area contributed by atoms with E-state index in [1.54, 1.807) is 6.21 Å². The van der Waals surface area contributed by atoms with E-state index in [9.17, 15) is 14.4 Å². The number of nitrogens with one attached hydrogen (secondary N) is 1. The Morgan fingerprint density at radius 2 is 1.96 bits per heavy atom. The molecule has 1 aliphatic heterocycles. The molecule has 2 amide bonds. The monoisotopic (exact) mass is 357 g/mol. The zero-order valence-corrected chi connectivity index (χ0v) is 15.6. The van der Waals surface area contributed by atoms with Gasteiger partial charge in [-0.15, -0.1) is 0 Å². The third-order valence-corrected chi connectivity index (χ3v) is 6.10. The first kappa shape index (κ1) is 20.6. The maximum absolute atomic E-state index is 12.1. The minimum Gasteiger partial charge on any atom is -0.481 e. The summed E-state index contributed by atoms with van der Waals surface area (Å²) >= 11 is 1.85. The van der Waals surface area contributed by atoms with Gasteiger partial charge in [0.15, 0.2) is 0 Å². The van der Waals surface area contributed by atoms with Gasteiger partial charge in [-0.3, -0.25) is 14.4 Å². The number of aliphatic imine (C=N–C) groups is 1. The summed E-state index contributed by atoms with van der Waals surface area (Å²) in [7, 11) is 0. The molecule has 0 spiro atoms. The first-order chi connectivity index (χ1) is 10.9. The van der Waals surface area contributed by atoms with Crippen molar-refractivity contribution in [3.05, 3.63) is 0 Å². The summed E-state index contributed by atoms with van der Waals surface area (Å²) in [6.45, 7) is 10.1. The van der Waals surface area contributed by atoms with Crippen LogP contribution in [0.4, 0.5) is 0 Å².